The molecule has 0 amide bonds. The average Bonchev–Trinajstić information content (AvgIpc) is 3.50. The van der Waals surface area contributed by atoms with E-state index in [0.717, 1.165) is 11.1 Å². The maximum Gasteiger partial charge on any atom is 0.333 e. The fraction of sp³-hybridized carbons (Fsp3) is 0.407. The molecule has 0 unspecified atom stereocenters. The van der Waals surface area contributed by atoms with Gasteiger partial charge in [-0.15, -0.1) is 0 Å². The van der Waals surface area contributed by atoms with E-state index in [2.05, 4.69) is 0 Å². The topological polar surface area (TPSA) is 98.8 Å². The lowest BCUT2D eigenvalue weighted by atomic mass is 9.76. The third kappa shape index (κ3) is 3.70. The van der Waals surface area contributed by atoms with Crippen LogP contribution in [-0.2, 0) is 25.5 Å². The van der Waals surface area contributed by atoms with Crippen molar-refractivity contribution in [1.29, 1.82) is 0 Å². The fourth-order valence-electron chi connectivity index (χ4n) is 5.13. The molecule has 1 saturated heterocycles. The van der Waals surface area contributed by atoms with Gasteiger partial charge < -0.3 is 33.2 Å². The number of benzene rings is 2. The normalized spacial score (nSPS) is 21.9. The van der Waals surface area contributed by atoms with E-state index in [0.29, 0.717) is 51.9 Å². The molecule has 0 bridgehead atoms. The molecule has 1 fully saturated rings. The van der Waals surface area contributed by atoms with Crippen LogP contribution in [0, 0.1) is 11.8 Å². The highest BCUT2D eigenvalue weighted by molar-refractivity contribution is 5.89. The molecule has 0 spiro atoms. The van der Waals surface area contributed by atoms with E-state index in [9.17, 15) is 9.59 Å². The molecule has 2 aromatic rings. The van der Waals surface area contributed by atoms with Crippen molar-refractivity contribution < 1.29 is 42.7 Å². The van der Waals surface area contributed by atoms with Crippen molar-refractivity contribution in [1.82, 2.24) is 0 Å². The van der Waals surface area contributed by atoms with Crippen LogP contribution in [0.5, 0.6) is 28.7 Å². The summed E-state index contributed by atoms with van der Waals surface area (Å²) >= 11 is 0. The second-order valence-corrected chi connectivity index (χ2v) is 8.87. The molecule has 9 nitrogen and oxygen atoms in total. The van der Waals surface area contributed by atoms with Crippen molar-refractivity contribution in [3.05, 3.63) is 41.0 Å². The lowest BCUT2D eigenvalue weighted by Gasteiger charge is -2.32. The molecule has 0 N–H and O–H groups in total. The lowest BCUT2D eigenvalue weighted by Crippen LogP contribution is -2.30. The summed E-state index contributed by atoms with van der Waals surface area (Å²) in [6.07, 6.45) is 1.24. The summed E-state index contributed by atoms with van der Waals surface area (Å²) in [6, 6.07) is 5.52. The molecular formula is C27H28O9. The summed E-state index contributed by atoms with van der Waals surface area (Å²) < 4.78 is 40.0. The zero-order chi connectivity index (χ0) is 25.6. The van der Waals surface area contributed by atoms with E-state index in [4.69, 9.17) is 33.2 Å². The predicted octanol–water partition coefficient (Wildman–Crippen LogP) is 4.00. The average molecular weight is 497 g/mol. The Labute approximate surface area is 208 Å². The third-order valence-electron chi connectivity index (χ3n) is 7.09. The molecule has 5 rings (SSSR count). The minimum atomic E-state index is -0.778. The Hall–Kier alpha value is -3.88. The van der Waals surface area contributed by atoms with Crippen molar-refractivity contribution in [2.75, 3.05) is 34.7 Å². The summed E-state index contributed by atoms with van der Waals surface area (Å²) in [5.74, 6) is 0.648. The second-order valence-electron chi connectivity index (χ2n) is 8.87. The molecule has 3 atom stereocenters. The number of rotatable bonds is 5. The van der Waals surface area contributed by atoms with Crippen LogP contribution in [0.25, 0.3) is 11.1 Å². The lowest BCUT2D eigenvalue weighted by molar-refractivity contribution is -0.149. The summed E-state index contributed by atoms with van der Waals surface area (Å²) in [5, 5.41) is 0. The number of fused-ring (bicyclic) bond motifs is 5. The van der Waals surface area contributed by atoms with E-state index in [1.165, 1.54) is 7.11 Å². The van der Waals surface area contributed by atoms with E-state index in [-0.39, 0.29) is 19.4 Å². The maximum atomic E-state index is 13.0. The van der Waals surface area contributed by atoms with Gasteiger partial charge in [0.15, 0.2) is 23.0 Å². The predicted molar refractivity (Wildman–Crippen MR) is 128 cm³/mol. The summed E-state index contributed by atoms with van der Waals surface area (Å²) in [7, 11) is 4.62. The number of hydrogen-bond donors (Lipinski definition) is 0. The molecule has 36 heavy (non-hydrogen) atoms. The smallest absolute Gasteiger partial charge is 0.333 e. The van der Waals surface area contributed by atoms with Crippen LogP contribution in [0.3, 0.4) is 0 Å². The van der Waals surface area contributed by atoms with Crippen LogP contribution in [0.4, 0.5) is 0 Å². The van der Waals surface area contributed by atoms with Crippen molar-refractivity contribution in [3.63, 3.8) is 0 Å². The minimum Gasteiger partial charge on any atom is -0.493 e. The molecule has 2 aliphatic heterocycles. The first-order valence-electron chi connectivity index (χ1n) is 11.7. The maximum absolute atomic E-state index is 13.0. The fourth-order valence-corrected chi connectivity index (χ4v) is 5.13. The van der Waals surface area contributed by atoms with Gasteiger partial charge in [-0.05, 0) is 49.6 Å². The van der Waals surface area contributed by atoms with Crippen LogP contribution >= 0.6 is 0 Å². The monoisotopic (exact) mass is 496 g/mol. The van der Waals surface area contributed by atoms with E-state index < -0.39 is 23.9 Å². The first-order chi connectivity index (χ1) is 17.4. The zero-order valence-corrected chi connectivity index (χ0v) is 20.8. The van der Waals surface area contributed by atoms with Gasteiger partial charge in [-0.25, -0.2) is 4.79 Å². The summed E-state index contributed by atoms with van der Waals surface area (Å²) in [4.78, 5) is 25.9. The van der Waals surface area contributed by atoms with Gasteiger partial charge in [-0.1, -0.05) is 6.08 Å². The van der Waals surface area contributed by atoms with Crippen LogP contribution < -0.4 is 23.7 Å². The first kappa shape index (κ1) is 23.8. The molecule has 0 saturated carbocycles. The molecule has 0 aromatic heterocycles. The van der Waals surface area contributed by atoms with Gasteiger partial charge in [0.2, 0.25) is 12.5 Å². The number of methoxy groups -OCH3 is 3. The Morgan fingerprint density at radius 1 is 1.00 bits per heavy atom. The first-order valence-corrected chi connectivity index (χ1v) is 11.7. The van der Waals surface area contributed by atoms with E-state index >= 15 is 0 Å². The van der Waals surface area contributed by atoms with Gasteiger partial charge in [0, 0.05) is 22.6 Å². The highest BCUT2D eigenvalue weighted by Crippen LogP contribution is 2.55. The highest BCUT2D eigenvalue weighted by atomic mass is 16.7. The van der Waals surface area contributed by atoms with E-state index in [1.807, 2.05) is 18.2 Å². The molecule has 0 radical (unpaired) electrons. The molecule has 1 aliphatic carbocycles. The van der Waals surface area contributed by atoms with Gasteiger partial charge >= 0.3 is 11.9 Å². The van der Waals surface area contributed by atoms with Gasteiger partial charge in [0.1, 0.15) is 6.10 Å². The number of hydrogen-bond acceptors (Lipinski definition) is 9. The number of esters is 2. The van der Waals surface area contributed by atoms with Gasteiger partial charge in [0.25, 0.3) is 0 Å². The Balaban J connectivity index is 1.82. The standard InChI is InChI=1S/C27H28O9/c1-6-13(2)26(28)36-23-16-10-20-19(34-12-35-20)9-15(16)22-14(7-17-18(23)11-33-27(17)29)8-21(30-3)24(31-4)25(22)32-5/h6,8-10,17-18,23H,7,11-12H2,1-5H3/t17-,18-,23+/m0/s1. The zero-order valence-electron chi connectivity index (χ0n) is 20.8. The Morgan fingerprint density at radius 2 is 1.72 bits per heavy atom. The highest BCUT2D eigenvalue weighted by Gasteiger charge is 2.47. The second kappa shape index (κ2) is 9.29. The summed E-state index contributed by atoms with van der Waals surface area (Å²) in [5.41, 5.74) is 3.36. The number of carbonyl (C=O) groups is 2. The van der Waals surface area contributed by atoms with Crippen molar-refractivity contribution in [3.8, 4) is 39.9 Å². The van der Waals surface area contributed by atoms with E-state index in [1.54, 1.807) is 34.1 Å². The molecule has 9 heteroatoms. The van der Waals surface area contributed by atoms with Crippen molar-refractivity contribution in [2.45, 2.75) is 26.4 Å². The quantitative estimate of drug-likeness (QED) is 0.449. The summed E-state index contributed by atoms with van der Waals surface area (Å²) in [6.45, 7) is 3.66. The molecule has 3 aliphatic rings. The Bertz CT molecular complexity index is 1260. The number of carbonyl (C=O) groups excluding carboxylic acids is 2. The Morgan fingerprint density at radius 3 is 2.39 bits per heavy atom. The van der Waals surface area contributed by atoms with Gasteiger partial charge in [0.05, 0.1) is 33.9 Å². The molecule has 2 heterocycles. The largest absolute Gasteiger partial charge is 0.493 e. The Kier molecular flexibility index (Phi) is 6.15. The number of ether oxygens (including phenoxy) is 7. The molecule has 2 aromatic carbocycles. The SMILES string of the molecule is CC=C(C)C(=O)O[C@@H]1c2cc3c(cc2-c2c(cc(OC)c(OC)c2OC)C[C@@H]2C(=O)OC[C@@H]21)OCO3. The van der Waals surface area contributed by atoms with Crippen LogP contribution in [0.15, 0.2) is 29.8 Å². The van der Waals surface area contributed by atoms with Crippen molar-refractivity contribution in [2.24, 2.45) is 11.8 Å². The molecular weight excluding hydrogens is 468 g/mol. The van der Waals surface area contributed by atoms with Crippen molar-refractivity contribution >= 4 is 11.9 Å². The minimum absolute atomic E-state index is 0.0734. The molecule has 190 valence electrons. The van der Waals surface area contributed by atoms with Gasteiger partial charge in [-0.3, -0.25) is 4.79 Å². The van der Waals surface area contributed by atoms with Crippen LogP contribution in [0.1, 0.15) is 31.1 Å². The van der Waals surface area contributed by atoms with Crippen LogP contribution in [-0.4, -0.2) is 46.7 Å². The third-order valence-corrected chi connectivity index (χ3v) is 7.09. The van der Waals surface area contributed by atoms with Crippen LogP contribution in [0.2, 0.25) is 0 Å². The van der Waals surface area contributed by atoms with Gasteiger partial charge in [-0.2, -0.15) is 0 Å². The number of cyclic esters (lactones) is 1. The number of allylic oxidation sites excluding steroid dienone is 1.